The van der Waals surface area contributed by atoms with Gasteiger partial charge >= 0.3 is 0 Å². The first kappa shape index (κ1) is 13.6. The largest absolute Gasteiger partial charge is 0.492 e. The summed E-state index contributed by atoms with van der Waals surface area (Å²) in [6, 6.07) is 7.60. The molecule has 3 heteroatoms. The van der Waals surface area contributed by atoms with Gasteiger partial charge in [0.2, 0.25) is 0 Å². The normalized spacial score (nSPS) is 9.88. The third-order valence-corrected chi connectivity index (χ3v) is 2.43. The van der Waals surface area contributed by atoms with Crippen molar-refractivity contribution in [2.45, 2.75) is 6.92 Å². The Morgan fingerprint density at radius 1 is 1.41 bits per heavy atom. The van der Waals surface area contributed by atoms with E-state index in [2.05, 4.69) is 30.7 Å². The number of hydrogen-bond acceptors (Lipinski definition) is 3. The van der Waals surface area contributed by atoms with Crippen LogP contribution in [0.3, 0.4) is 0 Å². The van der Waals surface area contributed by atoms with E-state index in [1.54, 1.807) is 0 Å². The number of likely N-dealkylation sites (N-methyl/N-ethyl adjacent to an activating group) is 1. The third-order valence-electron chi connectivity index (χ3n) is 2.43. The van der Waals surface area contributed by atoms with Gasteiger partial charge in [-0.25, -0.2) is 0 Å². The Labute approximate surface area is 103 Å². The molecule has 0 heterocycles. The molecule has 0 aromatic heterocycles. The first-order valence-corrected chi connectivity index (χ1v) is 5.77. The van der Waals surface area contributed by atoms with Gasteiger partial charge in [0.05, 0.1) is 0 Å². The summed E-state index contributed by atoms with van der Waals surface area (Å²) in [7, 11) is 2.06. The van der Waals surface area contributed by atoms with Crippen LogP contribution in [0.4, 0.5) is 0 Å². The molecular weight excluding hydrogens is 214 g/mol. The van der Waals surface area contributed by atoms with Crippen molar-refractivity contribution in [3.05, 3.63) is 29.8 Å². The molecular formula is C14H19NO2. The van der Waals surface area contributed by atoms with Crippen LogP contribution in [0, 0.1) is 11.8 Å². The smallest absolute Gasteiger partial charge is 0.120 e. The number of hydrogen-bond donors (Lipinski definition) is 1. The van der Waals surface area contributed by atoms with Crippen LogP contribution in [0.15, 0.2) is 24.3 Å². The van der Waals surface area contributed by atoms with Gasteiger partial charge in [-0.3, -0.25) is 0 Å². The average molecular weight is 233 g/mol. The van der Waals surface area contributed by atoms with Gasteiger partial charge in [0.1, 0.15) is 19.0 Å². The lowest BCUT2D eigenvalue weighted by atomic mass is 10.2. The molecule has 0 unspecified atom stereocenters. The van der Waals surface area contributed by atoms with Gasteiger partial charge in [-0.2, -0.15) is 0 Å². The minimum Gasteiger partial charge on any atom is -0.492 e. The highest BCUT2D eigenvalue weighted by Gasteiger charge is 1.97. The molecule has 1 aromatic carbocycles. The maximum Gasteiger partial charge on any atom is 0.120 e. The fraction of sp³-hybridized carbons (Fsp3) is 0.429. The summed E-state index contributed by atoms with van der Waals surface area (Å²) in [6.45, 7) is 4.59. The maximum atomic E-state index is 8.62. The molecule has 0 aliphatic rings. The Balaban J connectivity index is 2.48. The van der Waals surface area contributed by atoms with E-state index in [1.807, 2.05) is 24.3 Å². The Morgan fingerprint density at radius 3 is 2.94 bits per heavy atom. The van der Waals surface area contributed by atoms with Crippen molar-refractivity contribution in [3.63, 3.8) is 0 Å². The monoisotopic (exact) mass is 233 g/mol. The summed E-state index contributed by atoms with van der Waals surface area (Å²) in [5.41, 5.74) is 0.861. The minimum atomic E-state index is -0.119. The molecule has 0 radical (unpaired) electrons. The van der Waals surface area contributed by atoms with Crippen LogP contribution < -0.4 is 4.74 Å². The van der Waals surface area contributed by atoms with E-state index < -0.39 is 0 Å². The summed E-state index contributed by atoms with van der Waals surface area (Å²) in [5.74, 6) is 6.29. The van der Waals surface area contributed by atoms with E-state index in [0.717, 1.165) is 24.4 Å². The van der Waals surface area contributed by atoms with Gasteiger partial charge in [0.15, 0.2) is 0 Å². The Kier molecular flexibility index (Phi) is 6.16. The lowest BCUT2D eigenvalue weighted by molar-refractivity contribution is 0.244. The molecule has 0 atom stereocenters. The van der Waals surface area contributed by atoms with Crippen LogP contribution in [0.1, 0.15) is 12.5 Å². The number of ether oxygens (including phenoxy) is 1. The molecule has 0 aliphatic carbocycles. The zero-order valence-corrected chi connectivity index (χ0v) is 10.4. The molecule has 0 saturated carbocycles. The van der Waals surface area contributed by atoms with Crippen LogP contribution in [-0.2, 0) is 0 Å². The summed E-state index contributed by atoms with van der Waals surface area (Å²) in [4.78, 5) is 2.19. The molecule has 0 aliphatic heterocycles. The Bertz CT molecular complexity index is 393. The van der Waals surface area contributed by atoms with Crippen molar-refractivity contribution >= 4 is 0 Å². The Hall–Kier alpha value is -1.50. The second-order valence-corrected chi connectivity index (χ2v) is 3.73. The van der Waals surface area contributed by atoms with E-state index in [0.29, 0.717) is 6.61 Å². The fourth-order valence-corrected chi connectivity index (χ4v) is 1.28. The Morgan fingerprint density at radius 2 is 2.24 bits per heavy atom. The van der Waals surface area contributed by atoms with Gasteiger partial charge in [0.25, 0.3) is 0 Å². The van der Waals surface area contributed by atoms with Crippen LogP contribution in [-0.4, -0.2) is 43.4 Å². The van der Waals surface area contributed by atoms with Crippen molar-refractivity contribution in [2.24, 2.45) is 0 Å². The number of benzene rings is 1. The minimum absolute atomic E-state index is 0.119. The van der Waals surface area contributed by atoms with E-state index in [-0.39, 0.29) is 6.61 Å². The van der Waals surface area contributed by atoms with Gasteiger partial charge in [-0.15, -0.1) is 0 Å². The zero-order valence-electron chi connectivity index (χ0n) is 10.4. The second-order valence-electron chi connectivity index (χ2n) is 3.73. The van der Waals surface area contributed by atoms with E-state index >= 15 is 0 Å². The molecule has 1 aromatic rings. The lowest BCUT2D eigenvalue weighted by Gasteiger charge is -2.14. The van der Waals surface area contributed by atoms with E-state index in [4.69, 9.17) is 9.84 Å². The van der Waals surface area contributed by atoms with Gasteiger partial charge in [-0.05, 0) is 31.8 Å². The lowest BCUT2D eigenvalue weighted by Crippen LogP contribution is -2.23. The predicted molar refractivity (Wildman–Crippen MR) is 69.1 cm³/mol. The molecule has 92 valence electrons. The zero-order chi connectivity index (χ0) is 12.5. The van der Waals surface area contributed by atoms with Crippen molar-refractivity contribution in [1.82, 2.24) is 4.90 Å². The summed E-state index contributed by atoms with van der Waals surface area (Å²) < 4.78 is 5.63. The van der Waals surface area contributed by atoms with Crippen LogP contribution in [0.5, 0.6) is 5.75 Å². The van der Waals surface area contributed by atoms with E-state index in [1.165, 1.54) is 0 Å². The highest BCUT2D eigenvalue weighted by Crippen LogP contribution is 2.12. The predicted octanol–water partition coefficient (Wildman–Crippen LogP) is 1.36. The topological polar surface area (TPSA) is 32.7 Å². The van der Waals surface area contributed by atoms with Crippen LogP contribution >= 0.6 is 0 Å². The molecule has 17 heavy (non-hydrogen) atoms. The highest BCUT2D eigenvalue weighted by molar-refractivity contribution is 5.39. The second kappa shape index (κ2) is 7.72. The van der Waals surface area contributed by atoms with Crippen LogP contribution in [0.25, 0.3) is 0 Å². The molecule has 0 spiro atoms. The third kappa shape index (κ3) is 5.39. The van der Waals surface area contributed by atoms with Crippen molar-refractivity contribution in [3.8, 4) is 17.6 Å². The summed E-state index contributed by atoms with van der Waals surface area (Å²) in [6.07, 6.45) is 0. The first-order valence-electron chi connectivity index (χ1n) is 5.77. The summed E-state index contributed by atoms with van der Waals surface area (Å²) in [5, 5.41) is 8.62. The number of rotatable bonds is 5. The first-order chi connectivity index (χ1) is 8.26. The molecule has 3 nitrogen and oxygen atoms in total. The molecule has 0 amide bonds. The summed E-state index contributed by atoms with van der Waals surface area (Å²) >= 11 is 0. The molecule has 1 rings (SSSR count). The van der Waals surface area contributed by atoms with Gasteiger partial charge < -0.3 is 14.7 Å². The highest BCUT2D eigenvalue weighted by atomic mass is 16.5. The van der Waals surface area contributed by atoms with Crippen molar-refractivity contribution in [2.75, 3.05) is 33.4 Å². The number of aliphatic hydroxyl groups excluding tert-OH is 1. The number of nitrogens with zero attached hydrogens (tertiary/aromatic N) is 1. The molecule has 0 saturated heterocycles. The van der Waals surface area contributed by atoms with Crippen molar-refractivity contribution in [1.29, 1.82) is 0 Å². The molecule has 1 N–H and O–H groups in total. The number of aliphatic hydroxyl groups is 1. The van der Waals surface area contributed by atoms with Crippen LogP contribution in [0.2, 0.25) is 0 Å². The molecule has 0 bridgehead atoms. The fourth-order valence-electron chi connectivity index (χ4n) is 1.28. The van der Waals surface area contributed by atoms with Crippen molar-refractivity contribution < 1.29 is 9.84 Å². The van der Waals surface area contributed by atoms with E-state index in [9.17, 15) is 0 Å². The average Bonchev–Trinajstić information content (AvgIpc) is 2.36. The van der Waals surface area contributed by atoms with Gasteiger partial charge in [-0.1, -0.05) is 24.8 Å². The SMILES string of the molecule is CCN(C)CCOc1cccc(C#CCO)c1. The maximum absolute atomic E-state index is 8.62. The quantitative estimate of drug-likeness (QED) is 0.779. The van der Waals surface area contributed by atoms with Gasteiger partial charge in [0, 0.05) is 12.1 Å². The standard InChI is InChI=1S/C14H19NO2/c1-3-15(2)9-11-17-14-8-4-6-13(12-14)7-5-10-16/h4,6,8,12,16H,3,9-11H2,1-2H3. The molecule has 0 fully saturated rings.